The number of sulfonamides is 1. The molecule has 0 bridgehead atoms. The van der Waals surface area contributed by atoms with E-state index in [4.69, 9.17) is 30.6 Å². The number of halogens is 1. The monoisotopic (exact) mass is 530 g/mol. The number of benzene rings is 1. The van der Waals surface area contributed by atoms with E-state index in [0.29, 0.717) is 53.2 Å². The van der Waals surface area contributed by atoms with Crippen LogP contribution in [0.3, 0.4) is 0 Å². The highest BCUT2D eigenvalue weighted by Crippen LogP contribution is 2.35. The van der Waals surface area contributed by atoms with Crippen molar-refractivity contribution in [3.05, 3.63) is 68.2 Å². The van der Waals surface area contributed by atoms with Gasteiger partial charge in [0.25, 0.3) is 10.0 Å². The third-order valence-corrected chi connectivity index (χ3v) is 7.12. The summed E-state index contributed by atoms with van der Waals surface area (Å²) in [5.41, 5.74) is 3.47. The van der Waals surface area contributed by atoms with Crippen molar-refractivity contribution < 1.29 is 22.3 Å². The first-order valence-electron chi connectivity index (χ1n) is 11.1. The maximum Gasteiger partial charge on any atom is 0.259 e. The molecule has 0 amide bonds. The molecule has 2 N–H and O–H groups in total. The van der Waals surface area contributed by atoms with E-state index in [1.807, 2.05) is 17.7 Å². The Balaban J connectivity index is 1.67. The van der Waals surface area contributed by atoms with Gasteiger partial charge < -0.3 is 13.9 Å². The summed E-state index contributed by atoms with van der Waals surface area (Å²) in [6, 6.07) is 6.36. The molecule has 1 aromatic carbocycles. The van der Waals surface area contributed by atoms with Crippen molar-refractivity contribution in [2.75, 3.05) is 6.61 Å². The number of aromatic nitrogens is 3. The molecule has 0 saturated carbocycles. The van der Waals surface area contributed by atoms with E-state index in [2.05, 4.69) is 10.1 Å². The summed E-state index contributed by atoms with van der Waals surface area (Å²) in [5.74, 6) is 0.330. The second kappa shape index (κ2) is 9.00. The minimum Gasteiger partial charge on any atom is -0.483 e. The molecule has 5 rings (SSSR count). The molecule has 1 atom stereocenters. The fourth-order valence-corrected chi connectivity index (χ4v) is 5.16. The number of rotatable bonds is 5. The minimum atomic E-state index is -4.21. The quantitative estimate of drug-likeness (QED) is 0.386. The van der Waals surface area contributed by atoms with Crippen LogP contribution >= 0.6 is 11.6 Å². The predicted molar refractivity (Wildman–Crippen MR) is 132 cm³/mol. The number of aryl methyl sites for hydroxylation is 1. The third-order valence-electron chi connectivity index (χ3n) is 6.07. The zero-order chi connectivity index (χ0) is 25.8. The Morgan fingerprint density at radius 3 is 2.78 bits per heavy atom. The SMILES string of the molecule is Cc1cc([C@@H](C)Oc2ccc(Cl)nc2S(N)(=O)=O)c2oc(-c3cnn4c3COCC4)c(C)c(=O)c2c1. The summed E-state index contributed by atoms with van der Waals surface area (Å²) in [7, 11) is -4.21. The second-order valence-electron chi connectivity index (χ2n) is 8.64. The van der Waals surface area contributed by atoms with Crippen molar-refractivity contribution in [3.8, 4) is 17.1 Å². The molecule has 36 heavy (non-hydrogen) atoms. The summed E-state index contributed by atoms with van der Waals surface area (Å²) < 4.78 is 43.9. The number of ether oxygens (including phenoxy) is 2. The molecule has 0 aliphatic carbocycles. The van der Waals surface area contributed by atoms with Crippen LogP contribution < -0.4 is 15.3 Å². The summed E-state index contributed by atoms with van der Waals surface area (Å²) >= 11 is 5.87. The van der Waals surface area contributed by atoms with Gasteiger partial charge in [0.1, 0.15) is 22.6 Å². The molecule has 0 unspecified atom stereocenters. The van der Waals surface area contributed by atoms with Crippen molar-refractivity contribution in [1.29, 1.82) is 0 Å². The minimum absolute atomic E-state index is 0.0420. The zero-order valence-electron chi connectivity index (χ0n) is 19.7. The van der Waals surface area contributed by atoms with Crippen LogP contribution in [-0.4, -0.2) is 29.8 Å². The molecule has 12 heteroatoms. The first-order valence-corrected chi connectivity index (χ1v) is 13.0. The van der Waals surface area contributed by atoms with Crippen LogP contribution in [0.5, 0.6) is 5.75 Å². The number of nitrogens with two attached hydrogens (primary N) is 1. The Bertz CT molecular complexity index is 1680. The van der Waals surface area contributed by atoms with Gasteiger partial charge in [-0.05, 0) is 50.6 Å². The maximum absolute atomic E-state index is 13.4. The van der Waals surface area contributed by atoms with Gasteiger partial charge in [-0.1, -0.05) is 11.6 Å². The molecular weight excluding hydrogens is 508 g/mol. The van der Waals surface area contributed by atoms with E-state index in [-0.39, 0.29) is 16.3 Å². The van der Waals surface area contributed by atoms with Crippen molar-refractivity contribution in [2.45, 2.75) is 45.1 Å². The third kappa shape index (κ3) is 4.28. The molecule has 0 fully saturated rings. The zero-order valence-corrected chi connectivity index (χ0v) is 21.3. The topological polar surface area (TPSA) is 140 Å². The molecule has 1 aliphatic heterocycles. The van der Waals surface area contributed by atoms with E-state index in [1.54, 1.807) is 26.1 Å². The standard InChI is InChI=1S/C24H23ClN4O6S/c1-12-8-15(14(3)34-19-4-5-20(25)28-24(19)36(26,31)32)23-16(9-12)21(30)13(2)22(35-23)17-10-27-29-6-7-33-11-18(17)29/h4-5,8-10,14H,6-7,11H2,1-3H3,(H2,26,31,32)/t14-/m1/s1. The van der Waals surface area contributed by atoms with Crippen LogP contribution in [0.1, 0.15) is 35.4 Å². The fourth-order valence-electron chi connectivity index (χ4n) is 4.34. The Morgan fingerprint density at radius 1 is 1.25 bits per heavy atom. The van der Waals surface area contributed by atoms with E-state index in [9.17, 15) is 13.2 Å². The number of pyridine rings is 1. The second-order valence-corrected chi connectivity index (χ2v) is 10.5. The van der Waals surface area contributed by atoms with Gasteiger partial charge >= 0.3 is 0 Å². The van der Waals surface area contributed by atoms with Crippen molar-refractivity contribution in [3.63, 3.8) is 0 Å². The molecule has 0 radical (unpaired) electrons. The highest BCUT2D eigenvalue weighted by molar-refractivity contribution is 7.89. The van der Waals surface area contributed by atoms with Gasteiger partial charge in [-0.2, -0.15) is 5.10 Å². The Morgan fingerprint density at radius 2 is 2.03 bits per heavy atom. The highest BCUT2D eigenvalue weighted by Gasteiger charge is 2.25. The summed E-state index contributed by atoms with van der Waals surface area (Å²) in [5, 5.41) is 9.59. The van der Waals surface area contributed by atoms with Gasteiger partial charge in [0.2, 0.25) is 5.03 Å². The van der Waals surface area contributed by atoms with Crippen LogP contribution in [0.15, 0.2) is 44.7 Å². The Kier molecular flexibility index (Phi) is 6.11. The highest BCUT2D eigenvalue weighted by atomic mass is 35.5. The Labute approximate surface area is 211 Å². The van der Waals surface area contributed by atoms with Crippen LogP contribution in [0.2, 0.25) is 5.15 Å². The fraction of sp³-hybridized carbons (Fsp3) is 0.292. The molecule has 0 spiro atoms. The predicted octanol–water partition coefficient (Wildman–Crippen LogP) is 3.64. The lowest BCUT2D eigenvalue weighted by molar-refractivity contribution is 0.0803. The number of nitrogens with zero attached hydrogens (tertiary/aromatic N) is 3. The summed E-state index contributed by atoms with van der Waals surface area (Å²) in [6.07, 6.45) is 0.936. The van der Waals surface area contributed by atoms with Crippen LogP contribution in [0, 0.1) is 13.8 Å². The summed E-state index contributed by atoms with van der Waals surface area (Å²) in [6.45, 7) is 6.81. The lowest BCUT2D eigenvalue weighted by Crippen LogP contribution is -2.18. The molecule has 3 aromatic heterocycles. The lowest BCUT2D eigenvalue weighted by atomic mass is 10.00. The number of hydrogen-bond donors (Lipinski definition) is 1. The molecule has 188 valence electrons. The smallest absolute Gasteiger partial charge is 0.259 e. The first-order chi connectivity index (χ1) is 17.0. The van der Waals surface area contributed by atoms with Crippen molar-refractivity contribution in [2.24, 2.45) is 5.14 Å². The van der Waals surface area contributed by atoms with E-state index < -0.39 is 21.2 Å². The largest absolute Gasteiger partial charge is 0.483 e. The Hall–Kier alpha value is -3.25. The lowest BCUT2D eigenvalue weighted by Gasteiger charge is -2.19. The molecular formula is C24H23ClN4O6S. The van der Waals surface area contributed by atoms with Crippen molar-refractivity contribution in [1.82, 2.24) is 14.8 Å². The van der Waals surface area contributed by atoms with Gasteiger partial charge in [-0.25, -0.2) is 18.5 Å². The maximum atomic E-state index is 13.4. The average Bonchev–Trinajstić information content (AvgIpc) is 3.25. The number of hydrogen-bond acceptors (Lipinski definition) is 8. The number of primary sulfonamides is 1. The van der Waals surface area contributed by atoms with E-state index in [0.717, 1.165) is 11.3 Å². The first kappa shape index (κ1) is 24.4. The molecule has 0 saturated heterocycles. The van der Waals surface area contributed by atoms with Crippen LogP contribution in [-0.2, 0) is 27.9 Å². The van der Waals surface area contributed by atoms with Gasteiger partial charge in [0, 0.05) is 11.1 Å². The van der Waals surface area contributed by atoms with Gasteiger partial charge in [-0.3, -0.25) is 9.48 Å². The molecule has 4 aromatic rings. The van der Waals surface area contributed by atoms with Gasteiger partial charge in [0.15, 0.2) is 11.2 Å². The van der Waals surface area contributed by atoms with Crippen LogP contribution in [0.25, 0.3) is 22.3 Å². The normalized spacial score (nSPS) is 14.6. The average molecular weight is 531 g/mol. The molecule has 4 heterocycles. The van der Waals surface area contributed by atoms with Crippen LogP contribution in [0.4, 0.5) is 0 Å². The summed E-state index contributed by atoms with van der Waals surface area (Å²) in [4.78, 5) is 17.3. The number of fused-ring (bicyclic) bond motifs is 2. The van der Waals surface area contributed by atoms with Gasteiger partial charge in [-0.15, -0.1) is 0 Å². The van der Waals surface area contributed by atoms with E-state index in [1.165, 1.54) is 12.1 Å². The molecule has 10 nitrogen and oxygen atoms in total. The van der Waals surface area contributed by atoms with E-state index >= 15 is 0 Å². The van der Waals surface area contributed by atoms with Crippen molar-refractivity contribution >= 4 is 32.6 Å². The molecule has 1 aliphatic rings. The van der Waals surface area contributed by atoms with Gasteiger partial charge in [0.05, 0.1) is 42.6 Å².